The van der Waals surface area contributed by atoms with Crippen LogP contribution in [-0.2, 0) is 9.84 Å². The SMILES string of the molecule is CC(C)(C)N(C(=O)O)[C@H]1CC[C@@](O)(CS(C)(=O)=O)CC1. The van der Waals surface area contributed by atoms with Crippen LogP contribution in [0.15, 0.2) is 0 Å². The molecule has 1 saturated carbocycles. The van der Waals surface area contributed by atoms with Crippen molar-refractivity contribution in [2.45, 2.75) is 63.6 Å². The zero-order valence-electron chi connectivity index (χ0n) is 12.6. The minimum Gasteiger partial charge on any atom is -0.465 e. The fraction of sp³-hybridized carbons (Fsp3) is 0.923. The molecule has 2 N–H and O–H groups in total. The number of carboxylic acid groups (broad SMARTS) is 1. The van der Waals surface area contributed by atoms with Gasteiger partial charge in [0.15, 0.2) is 0 Å². The number of nitrogens with zero attached hydrogens (tertiary/aromatic N) is 1. The Bertz CT molecular complexity index is 458. The van der Waals surface area contributed by atoms with Crippen LogP contribution < -0.4 is 0 Å². The lowest BCUT2D eigenvalue weighted by Crippen LogP contribution is -2.54. The summed E-state index contributed by atoms with van der Waals surface area (Å²) in [5.74, 6) is -0.255. The van der Waals surface area contributed by atoms with Gasteiger partial charge in [-0.3, -0.25) is 0 Å². The lowest BCUT2D eigenvalue weighted by molar-refractivity contribution is -0.0162. The first-order chi connectivity index (χ1) is 8.84. The van der Waals surface area contributed by atoms with Gasteiger partial charge in [-0.25, -0.2) is 13.2 Å². The van der Waals surface area contributed by atoms with Crippen molar-refractivity contribution in [2.75, 3.05) is 12.0 Å². The van der Waals surface area contributed by atoms with E-state index in [1.165, 1.54) is 4.90 Å². The zero-order valence-corrected chi connectivity index (χ0v) is 13.4. The lowest BCUT2D eigenvalue weighted by Gasteiger charge is -2.44. The number of hydrogen-bond donors (Lipinski definition) is 2. The fourth-order valence-electron chi connectivity index (χ4n) is 3.02. The van der Waals surface area contributed by atoms with Gasteiger partial charge < -0.3 is 15.1 Å². The highest BCUT2D eigenvalue weighted by Gasteiger charge is 2.41. The largest absolute Gasteiger partial charge is 0.465 e. The Morgan fingerprint density at radius 2 is 1.75 bits per heavy atom. The smallest absolute Gasteiger partial charge is 0.407 e. The Hall–Kier alpha value is -0.820. The summed E-state index contributed by atoms with van der Waals surface area (Å²) in [6, 6.07) is -0.174. The van der Waals surface area contributed by atoms with Crippen molar-refractivity contribution in [3.8, 4) is 0 Å². The molecule has 0 aromatic rings. The van der Waals surface area contributed by atoms with Crippen LogP contribution in [0.5, 0.6) is 0 Å². The summed E-state index contributed by atoms with van der Waals surface area (Å²) in [5.41, 5.74) is -1.73. The Morgan fingerprint density at radius 1 is 1.30 bits per heavy atom. The number of rotatable bonds is 3. The van der Waals surface area contributed by atoms with Gasteiger partial charge in [0, 0.05) is 17.8 Å². The minimum atomic E-state index is -3.24. The van der Waals surface area contributed by atoms with Crippen molar-refractivity contribution in [3.05, 3.63) is 0 Å². The maximum Gasteiger partial charge on any atom is 0.407 e. The average Bonchev–Trinajstić information content (AvgIpc) is 2.15. The summed E-state index contributed by atoms with van der Waals surface area (Å²) >= 11 is 0. The van der Waals surface area contributed by atoms with E-state index < -0.39 is 27.1 Å². The average molecular weight is 307 g/mol. The number of amides is 1. The third-order valence-corrected chi connectivity index (χ3v) is 4.77. The molecule has 6 nitrogen and oxygen atoms in total. The molecular weight excluding hydrogens is 282 g/mol. The van der Waals surface area contributed by atoms with Crippen LogP contribution in [0.1, 0.15) is 46.5 Å². The minimum absolute atomic E-state index is 0.174. The van der Waals surface area contributed by atoms with Gasteiger partial charge in [-0.2, -0.15) is 0 Å². The summed E-state index contributed by atoms with van der Waals surface area (Å²) < 4.78 is 22.6. The quantitative estimate of drug-likeness (QED) is 0.823. The van der Waals surface area contributed by atoms with Crippen LogP contribution in [-0.4, -0.2) is 58.8 Å². The van der Waals surface area contributed by atoms with E-state index in [1.54, 1.807) is 0 Å². The second kappa shape index (κ2) is 5.52. The van der Waals surface area contributed by atoms with Crippen molar-refractivity contribution in [2.24, 2.45) is 0 Å². The van der Waals surface area contributed by atoms with E-state index in [2.05, 4.69) is 0 Å². The first-order valence-electron chi connectivity index (χ1n) is 6.76. The molecule has 0 heterocycles. The van der Waals surface area contributed by atoms with Gasteiger partial charge in [-0.15, -0.1) is 0 Å². The van der Waals surface area contributed by atoms with Crippen molar-refractivity contribution >= 4 is 15.9 Å². The Kier molecular flexibility index (Phi) is 4.76. The number of sulfone groups is 1. The maximum absolute atomic E-state index is 11.4. The monoisotopic (exact) mass is 307 g/mol. The summed E-state index contributed by atoms with van der Waals surface area (Å²) in [6.45, 7) is 5.50. The van der Waals surface area contributed by atoms with Gasteiger partial charge in [0.1, 0.15) is 9.84 Å². The molecule has 0 radical (unpaired) electrons. The molecular formula is C13H25NO5S. The summed E-state index contributed by atoms with van der Waals surface area (Å²) in [4.78, 5) is 12.8. The Balaban J connectivity index is 2.77. The predicted molar refractivity (Wildman–Crippen MR) is 76.5 cm³/mol. The number of carbonyl (C=O) groups is 1. The van der Waals surface area contributed by atoms with E-state index in [0.717, 1.165) is 6.26 Å². The second-order valence-corrected chi connectivity index (χ2v) is 8.99. The van der Waals surface area contributed by atoms with Gasteiger partial charge in [-0.1, -0.05) is 0 Å². The van der Waals surface area contributed by atoms with Crippen molar-refractivity contribution < 1.29 is 23.4 Å². The van der Waals surface area contributed by atoms with Gasteiger partial charge in [-0.05, 0) is 46.5 Å². The van der Waals surface area contributed by atoms with Crippen molar-refractivity contribution in [1.29, 1.82) is 0 Å². The molecule has 0 aromatic heterocycles. The third kappa shape index (κ3) is 4.63. The molecule has 0 atom stereocenters. The number of aliphatic hydroxyl groups is 1. The van der Waals surface area contributed by atoms with Crippen LogP contribution >= 0.6 is 0 Å². The van der Waals surface area contributed by atoms with E-state index in [1.807, 2.05) is 20.8 Å². The van der Waals surface area contributed by atoms with Crippen LogP contribution in [0.25, 0.3) is 0 Å². The van der Waals surface area contributed by atoms with Gasteiger partial charge >= 0.3 is 6.09 Å². The molecule has 118 valence electrons. The molecule has 0 saturated heterocycles. The van der Waals surface area contributed by atoms with E-state index in [-0.39, 0.29) is 11.8 Å². The number of hydrogen-bond acceptors (Lipinski definition) is 4. The van der Waals surface area contributed by atoms with E-state index in [9.17, 15) is 23.4 Å². The molecule has 20 heavy (non-hydrogen) atoms. The van der Waals surface area contributed by atoms with E-state index in [0.29, 0.717) is 25.7 Å². The zero-order chi connectivity index (χ0) is 15.8. The van der Waals surface area contributed by atoms with Crippen LogP contribution in [0, 0.1) is 0 Å². The second-order valence-electron chi connectivity index (χ2n) is 6.85. The van der Waals surface area contributed by atoms with Crippen molar-refractivity contribution in [3.63, 3.8) is 0 Å². The van der Waals surface area contributed by atoms with E-state index >= 15 is 0 Å². The molecule has 1 rings (SSSR count). The fourth-order valence-corrected chi connectivity index (χ4v) is 4.29. The highest BCUT2D eigenvalue weighted by atomic mass is 32.2. The Labute approximate surface area is 120 Å². The normalized spacial score (nSPS) is 28.1. The molecule has 1 aliphatic carbocycles. The van der Waals surface area contributed by atoms with Gasteiger partial charge in [0.05, 0.1) is 11.4 Å². The molecule has 0 bridgehead atoms. The third-order valence-electron chi connectivity index (χ3n) is 3.71. The highest BCUT2D eigenvalue weighted by Crippen LogP contribution is 2.34. The summed E-state index contributed by atoms with van der Waals surface area (Å²) in [7, 11) is -3.24. The van der Waals surface area contributed by atoms with Gasteiger partial charge in [0.2, 0.25) is 0 Å². The van der Waals surface area contributed by atoms with Crippen LogP contribution in [0.4, 0.5) is 4.79 Å². The van der Waals surface area contributed by atoms with Crippen LogP contribution in [0.2, 0.25) is 0 Å². The summed E-state index contributed by atoms with van der Waals surface area (Å²) in [5, 5.41) is 19.6. The molecule has 0 unspecified atom stereocenters. The highest BCUT2D eigenvalue weighted by molar-refractivity contribution is 7.90. The lowest BCUT2D eigenvalue weighted by atomic mass is 9.82. The standard InChI is InChI=1S/C13H25NO5S/c1-12(2,3)14(11(15)16)10-5-7-13(17,8-6-10)9-20(4,18)19/h10,17H,5-9H2,1-4H3,(H,15,16)/t10-,13-. The molecule has 0 aromatic carbocycles. The maximum atomic E-state index is 11.4. The molecule has 0 spiro atoms. The molecule has 1 aliphatic rings. The van der Waals surface area contributed by atoms with Crippen LogP contribution in [0.3, 0.4) is 0 Å². The topological polar surface area (TPSA) is 94.9 Å². The molecule has 7 heteroatoms. The van der Waals surface area contributed by atoms with Crippen molar-refractivity contribution in [1.82, 2.24) is 4.90 Å². The van der Waals surface area contributed by atoms with E-state index in [4.69, 9.17) is 0 Å². The molecule has 1 amide bonds. The first kappa shape index (κ1) is 17.2. The molecule has 0 aliphatic heterocycles. The molecule has 1 fully saturated rings. The Morgan fingerprint density at radius 3 is 2.05 bits per heavy atom. The summed E-state index contributed by atoms with van der Waals surface area (Å²) in [6.07, 6.45) is 1.71. The first-order valence-corrected chi connectivity index (χ1v) is 8.82. The predicted octanol–water partition coefficient (Wildman–Crippen LogP) is 1.48. The van der Waals surface area contributed by atoms with Gasteiger partial charge in [0.25, 0.3) is 0 Å².